The third-order valence-electron chi connectivity index (χ3n) is 8.18. The minimum atomic E-state index is -4.65. The molecule has 0 bridgehead atoms. The van der Waals surface area contributed by atoms with Crippen LogP contribution in [0, 0.1) is 0 Å². The van der Waals surface area contributed by atoms with Crippen LogP contribution in [0.5, 0.6) is 5.88 Å². The molecule has 0 saturated carbocycles. The molecule has 0 unspecified atom stereocenters. The monoisotopic (exact) mass is 650 g/mol. The molecule has 1 aliphatic rings. The highest BCUT2D eigenvalue weighted by molar-refractivity contribution is 6.04. The Morgan fingerprint density at radius 3 is 2.40 bits per heavy atom. The van der Waals surface area contributed by atoms with E-state index in [0.29, 0.717) is 54.8 Å². The van der Waals surface area contributed by atoms with Gasteiger partial charge in [-0.1, -0.05) is 11.3 Å². The second-order valence-corrected chi connectivity index (χ2v) is 11.0. The number of aromatic nitrogens is 6. The van der Waals surface area contributed by atoms with Gasteiger partial charge in [-0.25, -0.2) is 9.67 Å². The van der Waals surface area contributed by atoms with Crippen molar-refractivity contribution in [1.29, 1.82) is 0 Å². The van der Waals surface area contributed by atoms with Gasteiger partial charge >= 0.3 is 12.8 Å². The van der Waals surface area contributed by atoms with Crippen molar-refractivity contribution in [2.75, 3.05) is 31.1 Å². The Bertz CT molecular complexity index is 2100. The smallest absolute Gasteiger partial charge is 0.417 e. The Morgan fingerprint density at radius 2 is 1.70 bits per heavy atom. The fourth-order valence-electron chi connectivity index (χ4n) is 5.96. The van der Waals surface area contributed by atoms with E-state index in [4.69, 9.17) is 0 Å². The molecule has 0 radical (unpaired) electrons. The molecular weight excluding hydrogens is 623 g/mol. The molecule has 1 fully saturated rings. The van der Waals surface area contributed by atoms with E-state index in [0.717, 1.165) is 6.07 Å². The average Bonchev–Trinajstić information content (AvgIpc) is 3.76. The Kier molecular flexibility index (Phi) is 7.83. The molecule has 47 heavy (non-hydrogen) atoms. The summed E-state index contributed by atoms with van der Waals surface area (Å²) in [7, 11) is 0. The molecule has 0 aliphatic carbocycles. The number of nitrogens with zero attached hydrogens (tertiary/aromatic N) is 7. The molecule has 1 N–H and O–H groups in total. The van der Waals surface area contributed by atoms with Crippen molar-refractivity contribution in [3.05, 3.63) is 95.2 Å². The highest BCUT2D eigenvalue weighted by Gasteiger charge is 2.36. The quantitative estimate of drug-likeness (QED) is 0.223. The number of alkyl halides is 5. The van der Waals surface area contributed by atoms with Crippen LogP contribution in [0.1, 0.15) is 5.56 Å². The molecule has 4 aromatic heterocycles. The first-order valence-corrected chi connectivity index (χ1v) is 14.8. The van der Waals surface area contributed by atoms with E-state index in [-0.39, 0.29) is 34.8 Å². The van der Waals surface area contributed by atoms with Gasteiger partial charge in [0.05, 0.1) is 16.8 Å². The van der Waals surface area contributed by atoms with Gasteiger partial charge in [0.15, 0.2) is 5.52 Å². The molecule has 242 valence electrons. The van der Waals surface area contributed by atoms with E-state index in [1.807, 2.05) is 29.1 Å². The maximum absolute atomic E-state index is 14.4. The van der Waals surface area contributed by atoms with E-state index in [2.05, 4.69) is 25.3 Å². The Morgan fingerprint density at radius 1 is 0.936 bits per heavy atom. The predicted octanol–water partition coefficient (Wildman–Crippen LogP) is 5.33. The van der Waals surface area contributed by atoms with Crippen LogP contribution in [0.3, 0.4) is 0 Å². The standard InChI is InChI=1S/C32H27F5N8O2/c33-31(34)47-27-8-4-21(19-39-27)20-3-6-25-23(17-20)29-28(30(46)44(25)16-15-42-11-1-2-12-42)40-41-45(29)22-5-7-26(24(18-22)32(35,36)37)43-13-9-38-10-14-43/h1-8,11-12,17-19,31,38H,9-10,13-16H2. The highest BCUT2D eigenvalue weighted by Crippen LogP contribution is 2.39. The van der Waals surface area contributed by atoms with Gasteiger partial charge in [-0.15, -0.1) is 5.10 Å². The number of benzene rings is 2. The summed E-state index contributed by atoms with van der Waals surface area (Å²) in [6.45, 7) is -0.289. The van der Waals surface area contributed by atoms with Crippen LogP contribution in [0.2, 0.25) is 0 Å². The number of aryl methyl sites for hydroxylation is 2. The Hall–Kier alpha value is -5.31. The number of pyridine rings is 2. The van der Waals surface area contributed by atoms with Crippen LogP contribution in [0.25, 0.3) is 38.8 Å². The molecule has 0 atom stereocenters. The summed E-state index contributed by atoms with van der Waals surface area (Å²) < 4.78 is 77.8. The highest BCUT2D eigenvalue weighted by atomic mass is 19.4. The minimum absolute atomic E-state index is 0.0132. The molecular formula is C32H27F5N8O2. The SMILES string of the molecule is O=c1c2nnn(-c3ccc(N4CCNCC4)c(C(F)(F)F)c3)c2c2cc(-c3ccc(OC(F)F)nc3)ccc2n1CCn1cccc1. The van der Waals surface area contributed by atoms with Gasteiger partial charge in [0, 0.05) is 80.6 Å². The number of rotatable bonds is 8. The first-order valence-electron chi connectivity index (χ1n) is 14.8. The van der Waals surface area contributed by atoms with Gasteiger partial charge in [-0.05, 0) is 54.1 Å². The summed E-state index contributed by atoms with van der Waals surface area (Å²) in [5, 5.41) is 12.0. The summed E-state index contributed by atoms with van der Waals surface area (Å²) >= 11 is 0. The van der Waals surface area contributed by atoms with Crippen LogP contribution >= 0.6 is 0 Å². The van der Waals surface area contributed by atoms with Crippen LogP contribution in [0.4, 0.5) is 27.6 Å². The summed E-state index contributed by atoms with van der Waals surface area (Å²) in [4.78, 5) is 19.5. The molecule has 1 aliphatic heterocycles. The third-order valence-corrected chi connectivity index (χ3v) is 8.18. The van der Waals surface area contributed by atoms with Gasteiger partial charge in [0.1, 0.15) is 5.52 Å². The summed E-state index contributed by atoms with van der Waals surface area (Å²) in [6.07, 6.45) is 0.464. The van der Waals surface area contributed by atoms with Gasteiger partial charge in [-0.3, -0.25) is 4.79 Å². The number of halogens is 5. The van der Waals surface area contributed by atoms with E-state index >= 15 is 0 Å². The number of hydrogen-bond donors (Lipinski definition) is 1. The van der Waals surface area contributed by atoms with E-state index < -0.39 is 23.9 Å². The zero-order valence-electron chi connectivity index (χ0n) is 24.7. The minimum Gasteiger partial charge on any atom is -0.417 e. The van der Waals surface area contributed by atoms with E-state index in [1.165, 1.54) is 23.0 Å². The average molecular weight is 651 g/mol. The topological polar surface area (TPSA) is 95.0 Å². The van der Waals surface area contributed by atoms with Crippen LogP contribution in [-0.4, -0.2) is 61.9 Å². The molecule has 5 heterocycles. The van der Waals surface area contributed by atoms with Crippen molar-refractivity contribution in [1.82, 2.24) is 34.4 Å². The molecule has 7 rings (SSSR count). The van der Waals surface area contributed by atoms with Crippen molar-refractivity contribution in [2.45, 2.75) is 25.9 Å². The van der Waals surface area contributed by atoms with Crippen molar-refractivity contribution >= 4 is 27.6 Å². The first-order chi connectivity index (χ1) is 22.7. The molecule has 15 heteroatoms. The van der Waals surface area contributed by atoms with Crippen molar-refractivity contribution in [3.8, 4) is 22.7 Å². The maximum Gasteiger partial charge on any atom is 0.418 e. The van der Waals surface area contributed by atoms with Gasteiger partial charge in [-0.2, -0.15) is 22.0 Å². The molecule has 10 nitrogen and oxygen atoms in total. The number of ether oxygens (including phenoxy) is 1. The zero-order valence-corrected chi connectivity index (χ0v) is 24.7. The summed E-state index contributed by atoms with van der Waals surface area (Å²) in [6, 6.07) is 15.9. The number of nitrogens with one attached hydrogen (secondary N) is 1. The van der Waals surface area contributed by atoms with Gasteiger partial charge in [0.2, 0.25) is 5.88 Å². The van der Waals surface area contributed by atoms with Gasteiger partial charge in [0.25, 0.3) is 5.56 Å². The Labute approximate surface area is 263 Å². The van der Waals surface area contributed by atoms with Crippen LogP contribution < -0.4 is 20.5 Å². The lowest BCUT2D eigenvalue weighted by atomic mass is 10.0. The lowest BCUT2D eigenvalue weighted by molar-refractivity contribution is -0.137. The Balaban J connectivity index is 1.41. The third kappa shape index (κ3) is 5.89. The maximum atomic E-state index is 14.4. The number of fused-ring (bicyclic) bond motifs is 3. The van der Waals surface area contributed by atoms with Crippen molar-refractivity contribution in [3.63, 3.8) is 0 Å². The predicted molar refractivity (Wildman–Crippen MR) is 165 cm³/mol. The fourth-order valence-corrected chi connectivity index (χ4v) is 5.96. The molecule has 6 aromatic rings. The number of anilines is 1. The van der Waals surface area contributed by atoms with E-state index in [9.17, 15) is 26.7 Å². The summed E-state index contributed by atoms with van der Waals surface area (Å²) in [5.74, 6) is -0.252. The van der Waals surface area contributed by atoms with Crippen LogP contribution in [-0.2, 0) is 19.3 Å². The molecule has 0 spiro atoms. The second-order valence-electron chi connectivity index (χ2n) is 11.0. The largest absolute Gasteiger partial charge is 0.418 e. The molecule has 1 saturated heterocycles. The normalized spacial score (nSPS) is 14.0. The molecule has 0 amide bonds. The van der Waals surface area contributed by atoms with Crippen molar-refractivity contribution in [2.24, 2.45) is 0 Å². The van der Waals surface area contributed by atoms with E-state index in [1.54, 1.807) is 39.8 Å². The lowest BCUT2D eigenvalue weighted by Crippen LogP contribution is -2.44. The number of piperazine rings is 1. The first kappa shape index (κ1) is 30.3. The molecule has 2 aromatic carbocycles. The van der Waals surface area contributed by atoms with Crippen LogP contribution in [0.15, 0.2) is 84.0 Å². The lowest BCUT2D eigenvalue weighted by Gasteiger charge is -2.31. The second kappa shape index (κ2) is 12.1. The fraction of sp³-hybridized carbons (Fsp3) is 0.250. The summed E-state index contributed by atoms with van der Waals surface area (Å²) in [5.41, 5.74) is 0.807. The van der Waals surface area contributed by atoms with Crippen molar-refractivity contribution < 1.29 is 26.7 Å². The zero-order chi connectivity index (χ0) is 32.7. The number of hydrogen-bond acceptors (Lipinski definition) is 7. The van der Waals surface area contributed by atoms with Gasteiger partial charge < -0.3 is 24.1 Å².